The zero-order valence-electron chi connectivity index (χ0n) is 14.7. The van der Waals surface area contributed by atoms with Gasteiger partial charge in [-0.05, 0) is 61.4 Å². The van der Waals surface area contributed by atoms with E-state index in [1.165, 1.54) is 31.6 Å². The van der Waals surface area contributed by atoms with Gasteiger partial charge in [-0.1, -0.05) is 0 Å². The first kappa shape index (κ1) is 18.5. The molecule has 0 aromatic heterocycles. The lowest BCUT2D eigenvalue weighted by Crippen LogP contribution is -2.37. The van der Waals surface area contributed by atoms with Gasteiger partial charge >= 0.3 is 0 Å². The summed E-state index contributed by atoms with van der Waals surface area (Å²) in [5.41, 5.74) is 8.99. The van der Waals surface area contributed by atoms with Gasteiger partial charge in [-0.3, -0.25) is 4.79 Å². The van der Waals surface area contributed by atoms with Crippen molar-refractivity contribution in [1.29, 1.82) is 0 Å². The zero-order valence-corrected chi connectivity index (χ0v) is 15.5. The Labute approximate surface area is 160 Å². The van der Waals surface area contributed by atoms with Crippen molar-refractivity contribution in [3.05, 3.63) is 54.1 Å². The molecule has 6 heteroatoms. The third-order valence-corrected chi connectivity index (χ3v) is 5.28. The van der Waals surface area contributed by atoms with E-state index in [9.17, 15) is 4.79 Å². The van der Waals surface area contributed by atoms with Crippen LogP contribution in [0.4, 0.5) is 17.1 Å². The normalized spacial score (nSPS) is 21.6. The summed E-state index contributed by atoms with van der Waals surface area (Å²) in [5, 5.41) is 2.95. The number of hydrogen-bond donors (Lipinski definition) is 2. The van der Waals surface area contributed by atoms with Crippen LogP contribution in [0.3, 0.4) is 0 Å². The molecule has 1 amide bonds. The summed E-state index contributed by atoms with van der Waals surface area (Å²) in [6, 6.07) is 15.8. The molecule has 3 aliphatic rings. The van der Waals surface area contributed by atoms with Gasteiger partial charge in [0, 0.05) is 54.8 Å². The van der Waals surface area contributed by atoms with Gasteiger partial charge in [-0.2, -0.15) is 0 Å². The molecule has 26 heavy (non-hydrogen) atoms. The van der Waals surface area contributed by atoms with Crippen molar-refractivity contribution in [2.75, 3.05) is 42.1 Å². The van der Waals surface area contributed by atoms with Gasteiger partial charge in [-0.25, -0.2) is 0 Å². The van der Waals surface area contributed by atoms with Crippen molar-refractivity contribution in [3.8, 4) is 0 Å². The number of halogens is 1. The number of carbonyl (C=O) groups is 1. The minimum absolute atomic E-state index is 0. The highest BCUT2D eigenvalue weighted by Gasteiger charge is 2.28. The maximum Gasteiger partial charge on any atom is 0.255 e. The Hall–Kier alpha value is -2.24. The van der Waals surface area contributed by atoms with Gasteiger partial charge in [0.05, 0.1) is 0 Å². The van der Waals surface area contributed by atoms with Gasteiger partial charge in [0.25, 0.3) is 5.91 Å². The summed E-state index contributed by atoms with van der Waals surface area (Å²) in [6.07, 6.45) is 2.49. The fourth-order valence-electron chi connectivity index (χ4n) is 3.80. The number of hydrogen-bond acceptors (Lipinski definition) is 4. The first-order valence-corrected chi connectivity index (χ1v) is 8.95. The van der Waals surface area contributed by atoms with E-state index in [0.29, 0.717) is 17.3 Å². The molecule has 5 rings (SSSR count). The van der Waals surface area contributed by atoms with Crippen LogP contribution in [0.15, 0.2) is 48.5 Å². The molecule has 3 heterocycles. The number of carbonyl (C=O) groups excluding carboxylic acids is 1. The van der Waals surface area contributed by atoms with Crippen molar-refractivity contribution in [3.63, 3.8) is 0 Å². The molecule has 138 valence electrons. The molecule has 0 atom stereocenters. The summed E-state index contributed by atoms with van der Waals surface area (Å²) in [7, 11) is 0. The summed E-state index contributed by atoms with van der Waals surface area (Å²) in [4.78, 5) is 17.4. The lowest BCUT2D eigenvalue weighted by atomic mass is 10.0. The third kappa shape index (κ3) is 3.94. The van der Waals surface area contributed by atoms with Crippen LogP contribution in [0.5, 0.6) is 0 Å². The molecule has 0 saturated carbocycles. The zero-order chi connectivity index (χ0) is 17.2. The van der Waals surface area contributed by atoms with Gasteiger partial charge in [-0.15, -0.1) is 12.4 Å². The van der Waals surface area contributed by atoms with Crippen molar-refractivity contribution in [2.45, 2.75) is 18.9 Å². The van der Waals surface area contributed by atoms with Crippen LogP contribution in [-0.2, 0) is 0 Å². The molecule has 2 aromatic rings. The first-order chi connectivity index (χ1) is 12.2. The Bertz CT molecular complexity index is 739. The molecule has 3 N–H and O–H groups in total. The van der Waals surface area contributed by atoms with E-state index >= 15 is 0 Å². The highest BCUT2D eigenvalue weighted by Crippen LogP contribution is 2.27. The molecule has 5 nitrogen and oxygen atoms in total. The maximum atomic E-state index is 12.3. The topological polar surface area (TPSA) is 61.6 Å². The highest BCUT2D eigenvalue weighted by molar-refractivity contribution is 6.04. The second-order valence-corrected chi connectivity index (χ2v) is 6.89. The highest BCUT2D eigenvalue weighted by atomic mass is 35.5. The number of amides is 1. The van der Waals surface area contributed by atoms with E-state index in [1.807, 2.05) is 12.1 Å². The van der Waals surface area contributed by atoms with Gasteiger partial charge in [0.1, 0.15) is 0 Å². The average Bonchev–Trinajstić information content (AvgIpc) is 2.97. The number of nitrogens with two attached hydrogens (primary N) is 1. The van der Waals surface area contributed by atoms with Crippen LogP contribution >= 0.6 is 12.4 Å². The quantitative estimate of drug-likeness (QED) is 0.812. The average molecular weight is 373 g/mol. The Morgan fingerprint density at radius 1 is 0.923 bits per heavy atom. The van der Waals surface area contributed by atoms with Crippen molar-refractivity contribution in [1.82, 2.24) is 4.90 Å². The van der Waals surface area contributed by atoms with Gasteiger partial charge in [0.15, 0.2) is 0 Å². The predicted octanol–water partition coefficient (Wildman–Crippen LogP) is 3.23. The van der Waals surface area contributed by atoms with Crippen molar-refractivity contribution in [2.24, 2.45) is 0 Å². The standard InChI is InChI=1S/C20H24N4O.ClH/c21-16-3-1-15(2-4-16)20(25)22-17-5-7-18(8-6-17)24-14-13-23-11-9-19(24)10-12-23;/h1-8,19H,9-14,21H2,(H,22,25);1H. The van der Waals surface area contributed by atoms with Crippen LogP contribution in [0.2, 0.25) is 0 Å². The number of benzene rings is 2. The number of piperidine rings is 1. The molecule has 3 fully saturated rings. The summed E-state index contributed by atoms with van der Waals surface area (Å²) in [6.45, 7) is 4.67. The van der Waals surface area contributed by atoms with Crippen molar-refractivity contribution < 1.29 is 4.79 Å². The van der Waals surface area contributed by atoms with Crippen LogP contribution in [0, 0.1) is 0 Å². The molecule has 3 saturated heterocycles. The van der Waals surface area contributed by atoms with Crippen LogP contribution < -0.4 is 16.0 Å². The largest absolute Gasteiger partial charge is 0.399 e. The van der Waals surface area contributed by atoms with E-state index < -0.39 is 0 Å². The van der Waals surface area contributed by atoms with E-state index in [2.05, 4.69) is 27.2 Å². The monoisotopic (exact) mass is 372 g/mol. The number of rotatable bonds is 3. The SMILES string of the molecule is Cl.Nc1ccc(C(=O)Nc2ccc(N3CCN4CCC3CC4)cc2)cc1. The Kier molecular flexibility index (Phi) is 5.69. The minimum atomic E-state index is -0.117. The Balaban J connectivity index is 0.00000196. The van der Waals surface area contributed by atoms with E-state index in [4.69, 9.17) is 5.73 Å². The summed E-state index contributed by atoms with van der Waals surface area (Å²) >= 11 is 0. The molecule has 0 spiro atoms. The van der Waals surface area contributed by atoms with Crippen molar-refractivity contribution >= 4 is 35.4 Å². The lowest BCUT2D eigenvalue weighted by Gasteiger charge is -2.33. The maximum absolute atomic E-state index is 12.3. The second kappa shape index (κ2) is 7.98. The van der Waals surface area contributed by atoms with Gasteiger partial charge in [0.2, 0.25) is 0 Å². The summed E-state index contributed by atoms with van der Waals surface area (Å²) in [5.74, 6) is -0.117. The number of anilines is 3. The van der Waals surface area contributed by atoms with E-state index in [0.717, 1.165) is 18.8 Å². The van der Waals surface area contributed by atoms with Crippen LogP contribution in [0.25, 0.3) is 0 Å². The van der Waals surface area contributed by atoms with Crippen LogP contribution in [0.1, 0.15) is 23.2 Å². The molecule has 0 unspecified atom stereocenters. The van der Waals surface area contributed by atoms with E-state index in [1.54, 1.807) is 24.3 Å². The third-order valence-electron chi connectivity index (χ3n) is 5.28. The number of nitrogens with one attached hydrogen (secondary N) is 1. The Morgan fingerprint density at radius 2 is 1.58 bits per heavy atom. The number of fused-ring (bicyclic) bond motifs is 4. The molecule has 0 aliphatic carbocycles. The molecule has 2 bridgehead atoms. The second-order valence-electron chi connectivity index (χ2n) is 6.89. The molecular formula is C20H25ClN4O. The fraction of sp³-hybridized carbons (Fsp3) is 0.350. The minimum Gasteiger partial charge on any atom is -0.399 e. The smallest absolute Gasteiger partial charge is 0.255 e. The molecule has 0 radical (unpaired) electrons. The first-order valence-electron chi connectivity index (χ1n) is 8.95. The lowest BCUT2D eigenvalue weighted by molar-refractivity contribution is 0.102. The fourth-order valence-corrected chi connectivity index (χ4v) is 3.80. The van der Waals surface area contributed by atoms with Crippen LogP contribution in [-0.4, -0.2) is 43.0 Å². The van der Waals surface area contributed by atoms with E-state index in [-0.39, 0.29) is 18.3 Å². The molecular weight excluding hydrogens is 348 g/mol. The number of nitrogens with zero attached hydrogens (tertiary/aromatic N) is 2. The number of nitrogen functional groups attached to an aromatic ring is 1. The summed E-state index contributed by atoms with van der Waals surface area (Å²) < 4.78 is 0. The molecule has 3 aliphatic heterocycles. The molecule has 2 aromatic carbocycles. The Morgan fingerprint density at radius 3 is 2.23 bits per heavy atom. The van der Waals surface area contributed by atoms with Gasteiger partial charge < -0.3 is 20.9 Å². The predicted molar refractivity (Wildman–Crippen MR) is 109 cm³/mol.